The highest BCUT2D eigenvalue weighted by Crippen LogP contribution is 2.32. The number of benzene rings is 2. The maximum absolute atomic E-state index is 4.83. The minimum atomic E-state index is 0.932. The highest BCUT2D eigenvalue weighted by Gasteiger charge is 2.11. The molecule has 1 aliphatic heterocycles. The van der Waals surface area contributed by atoms with Crippen LogP contribution in [0.4, 0.5) is 5.69 Å². The Morgan fingerprint density at radius 3 is 2.67 bits per heavy atom. The zero-order chi connectivity index (χ0) is 15.0. The van der Waals surface area contributed by atoms with Gasteiger partial charge in [-0.25, -0.2) is 9.98 Å². The average molecular weight is 298 g/mol. The van der Waals surface area contributed by atoms with Gasteiger partial charge in [-0.15, -0.1) is 11.3 Å². The van der Waals surface area contributed by atoms with Crippen molar-refractivity contribution in [1.29, 1.82) is 0 Å². The molecular weight excluding hydrogens is 278 g/mol. The van der Waals surface area contributed by atoms with Crippen molar-refractivity contribution < 1.29 is 4.99 Å². The van der Waals surface area contributed by atoms with Crippen molar-refractivity contribution in [2.24, 2.45) is 0 Å². The summed E-state index contributed by atoms with van der Waals surface area (Å²) in [5, 5.41) is 4.58. The second-order valence-corrected chi connectivity index (χ2v) is 6.35. The minimum Gasteiger partial charge on any atom is -0.385 e. The molecule has 0 saturated carbocycles. The van der Waals surface area contributed by atoms with Crippen LogP contribution in [-0.2, 0) is 0 Å². The van der Waals surface area contributed by atoms with Crippen molar-refractivity contribution in [2.45, 2.75) is 20.8 Å². The highest BCUT2D eigenvalue weighted by atomic mass is 32.1. The molecule has 0 saturated heterocycles. The van der Waals surface area contributed by atoms with E-state index in [1.54, 1.807) is 11.3 Å². The summed E-state index contributed by atoms with van der Waals surface area (Å²) in [5.41, 5.74) is 5.81. The van der Waals surface area contributed by atoms with E-state index < -0.39 is 0 Å². The molecule has 0 atom stereocenters. The van der Waals surface area contributed by atoms with Crippen LogP contribution in [0.25, 0.3) is 20.8 Å². The topological polar surface area (TPSA) is 38.9 Å². The second kappa shape index (κ2) is 5.45. The first-order chi connectivity index (χ1) is 10.1. The number of hydrogen-bond acceptors (Lipinski definition) is 3. The van der Waals surface area contributed by atoms with Gasteiger partial charge in [-0.1, -0.05) is 0 Å². The lowest BCUT2D eigenvalue weighted by molar-refractivity contribution is -0.466. The van der Waals surface area contributed by atoms with Gasteiger partial charge in [-0.05, 0) is 44.5 Å². The van der Waals surface area contributed by atoms with Gasteiger partial charge in [0.15, 0.2) is 0 Å². The Bertz CT molecular complexity index is 849. The lowest BCUT2D eigenvalue weighted by atomic mass is 10.1. The summed E-state index contributed by atoms with van der Waals surface area (Å²) in [7, 11) is 1.96. The average Bonchev–Trinajstić information content (AvgIpc) is 2.46. The van der Waals surface area contributed by atoms with Crippen LogP contribution >= 0.6 is 11.3 Å². The van der Waals surface area contributed by atoms with E-state index in [4.69, 9.17) is 4.98 Å². The molecule has 1 heterocycles. The third kappa shape index (κ3) is 2.51. The zero-order valence-corrected chi connectivity index (χ0v) is 13.7. The second-order valence-electron chi connectivity index (χ2n) is 5.26. The van der Waals surface area contributed by atoms with Crippen molar-refractivity contribution in [1.82, 2.24) is 4.98 Å². The van der Waals surface area contributed by atoms with E-state index in [1.807, 2.05) is 7.05 Å². The van der Waals surface area contributed by atoms with E-state index in [-0.39, 0.29) is 0 Å². The molecule has 2 N–H and O–H groups in total. The smallest absolute Gasteiger partial charge is 0.202 e. The third-order valence-corrected chi connectivity index (χ3v) is 4.80. The monoisotopic (exact) mass is 298 g/mol. The van der Waals surface area contributed by atoms with Crippen LogP contribution in [0.1, 0.15) is 18.1 Å². The fraction of sp³-hybridized carbons (Fsp3) is 0.294. The van der Waals surface area contributed by atoms with Crippen LogP contribution in [0.5, 0.6) is 0 Å². The first-order valence-corrected chi connectivity index (χ1v) is 8.04. The van der Waals surface area contributed by atoms with Crippen molar-refractivity contribution in [3.63, 3.8) is 0 Å². The number of nitrogens with zero attached hydrogens (tertiary/aromatic N) is 1. The molecule has 0 unspecified atom stereocenters. The van der Waals surface area contributed by atoms with E-state index in [2.05, 4.69) is 55.3 Å². The molecular formula is C17H20N3S+. The lowest BCUT2D eigenvalue weighted by Gasteiger charge is -2.11. The fourth-order valence-electron chi connectivity index (χ4n) is 2.58. The number of rotatable bonds is 2. The Balaban J connectivity index is 2.31. The van der Waals surface area contributed by atoms with Crippen LogP contribution in [0.15, 0.2) is 24.3 Å². The number of fused-ring (bicyclic) bond motifs is 2. The molecule has 0 spiro atoms. The van der Waals surface area contributed by atoms with Crippen molar-refractivity contribution in [2.75, 3.05) is 18.9 Å². The number of aryl methyl sites for hydroxylation is 2. The quantitative estimate of drug-likeness (QED) is 0.711. The molecule has 1 aliphatic carbocycles. The van der Waals surface area contributed by atoms with E-state index >= 15 is 0 Å². The Kier molecular flexibility index (Phi) is 3.64. The standard InChI is InChI=1S/C17H19N3S/c1-5-19-13-9-17-15(7-11(13)3)20-14-6-10(2)12(18-4)8-16(14)21-17/h6-9,19H,5H2,1-4H3/p+1. The lowest BCUT2D eigenvalue weighted by Crippen LogP contribution is -2.72. The van der Waals surface area contributed by atoms with Crippen LogP contribution in [0.3, 0.4) is 0 Å². The van der Waals surface area contributed by atoms with Gasteiger partial charge < -0.3 is 5.32 Å². The van der Waals surface area contributed by atoms with E-state index in [0.717, 1.165) is 17.8 Å². The fourth-order valence-corrected chi connectivity index (χ4v) is 3.59. The first kappa shape index (κ1) is 14.0. The van der Waals surface area contributed by atoms with Gasteiger partial charge in [-0.2, -0.15) is 0 Å². The highest BCUT2D eigenvalue weighted by molar-refractivity contribution is 7.21. The normalized spacial score (nSPS) is 12.3. The van der Waals surface area contributed by atoms with Crippen LogP contribution in [0.2, 0.25) is 0 Å². The van der Waals surface area contributed by atoms with E-state index in [0.29, 0.717) is 0 Å². The molecule has 4 heteroatoms. The van der Waals surface area contributed by atoms with Crippen molar-refractivity contribution in [3.8, 4) is 10.6 Å². The molecule has 0 radical (unpaired) electrons. The van der Waals surface area contributed by atoms with Gasteiger partial charge in [-0.3, -0.25) is 0 Å². The summed E-state index contributed by atoms with van der Waals surface area (Å²) >= 11 is 1.80. The molecule has 0 fully saturated rings. The third-order valence-electron chi connectivity index (χ3n) is 3.71. The maximum Gasteiger partial charge on any atom is 0.202 e. The first-order valence-electron chi connectivity index (χ1n) is 7.23. The predicted octanol–water partition coefficient (Wildman–Crippen LogP) is 2.06. The molecule has 0 amide bonds. The Hall–Kier alpha value is -1.94. The summed E-state index contributed by atoms with van der Waals surface area (Å²) in [6, 6.07) is 8.73. The molecule has 0 bridgehead atoms. The molecule has 0 aromatic heterocycles. The molecule has 1 aromatic rings. The largest absolute Gasteiger partial charge is 0.385 e. The van der Waals surface area contributed by atoms with E-state index in [1.165, 1.54) is 31.7 Å². The number of aromatic nitrogens is 1. The molecule has 3 rings (SSSR count). The van der Waals surface area contributed by atoms with Crippen LogP contribution in [-0.4, -0.2) is 18.6 Å². The number of nitrogens with one attached hydrogen (secondary N) is 2. The summed E-state index contributed by atoms with van der Waals surface area (Å²) < 4.78 is 1.22. The molecule has 3 nitrogen and oxygen atoms in total. The van der Waals surface area contributed by atoms with Gasteiger partial charge in [0.05, 0.1) is 20.8 Å². The Morgan fingerprint density at radius 2 is 1.95 bits per heavy atom. The van der Waals surface area contributed by atoms with Crippen molar-refractivity contribution >= 4 is 27.2 Å². The SMILES string of the molecule is CCNc1cc2sc3cc(=[NH+]C)c(C)cc-3nc2cc1C. The maximum atomic E-state index is 4.83. The summed E-state index contributed by atoms with van der Waals surface area (Å²) in [4.78, 5) is 9.29. The number of hydrogen-bond donors (Lipinski definition) is 2. The minimum absolute atomic E-state index is 0.932. The molecule has 2 aliphatic rings. The van der Waals surface area contributed by atoms with E-state index in [9.17, 15) is 0 Å². The van der Waals surface area contributed by atoms with Gasteiger partial charge in [0.2, 0.25) is 5.36 Å². The van der Waals surface area contributed by atoms with Gasteiger partial charge in [0.1, 0.15) is 7.05 Å². The van der Waals surface area contributed by atoms with Crippen LogP contribution in [0, 0.1) is 13.8 Å². The Labute approximate surface area is 128 Å². The number of anilines is 1. The van der Waals surface area contributed by atoms with Gasteiger partial charge in [0.25, 0.3) is 0 Å². The molecule has 1 aromatic carbocycles. The molecule has 108 valence electrons. The summed E-state index contributed by atoms with van der Waals surface area (Å²) in [6.45, 7) is 7.29. The van der Waals surface area contributed by atoms with Gasteiger partial charge in [0, 0.05) is 23.9 Å². The van der Waals surface area contributed by atoms with Crippen molar-refractivity contribution in [3.05, 3.63) is 40.7 Å². The summed E-state index contributed by atoms with van der Waals surface area (Å²) in [6.07, 6.45) is 0. The summed E-state index contributed by atoms with van der Waals surface area (Å²) in [5.74, 6) is 0. The molecule has 21 heavy (non-hydrogen) atoms. The van der Waals surface area contributed by atoms with Gasteiger partial charge >= 0.3 is 0 Å². The Morgan fingerprint density at radius 1 is 1.14 bits per heavy atom. The van der Waals surface area contributed by atoms with Crippen LogP contribution < -0.4 is 15.7 Å². The zero-order valence-electron chi connectivity index (χ0n) is 12.9. The predicted molar refractivity (Wildman–Crippen MR) is 89.9 cm³/mol.